The number of anilines is 2. The predicted octanol–water partition coefficient (Wildman–Crippen LogP) is 3.12. The highest BCUT2D eigenvalue weighted by molar-refractivity contribution is 6.28. The summed E-state index contributed by atoms with van der Waals surface area (Å²) in [6, 6.07) is 0. The topological polar surface area (TPSA) is 102 Å². The van der Waals surface area contributed by atoms with Gasteiger partial charge in [-0.15, -0.1) is 0 Å². The Labute approximate surface area is 162 Å². The van der Waals surface area contributed by atoms with Crippen LogP contribution >= 0.6 is 11.6 Å². The molecule has 0 spiro atoms. The molecule has 1 aliphatic heterocycles. The van der Waals surface area contributed by atoms with Crippen LogP contribution in [0.1, 0.15) is 18.5 Å². The lowest BCUT2D eigenvalue weighted by Crippen LogP contribution is -2.37. The van der Waals surface area contributed by atoms with Crippen LogP contribution in [0.25, 0.3) is 0 Å². The van der Waals surface area contributed by atoms with E-state index in [0.717, 1.165) is 12.4 Å². The lowest BCUT2D eigenvalue weighted by molar-refractivity contribution is -0.384. The minimum absolute atomic E-state index is 0.0475. The maximum Gasteiger partial charge on any atom is 0.434 e. The second kappa shape index (κ2) is 7.78. The third kappa shape index (κ3) is 4.43. The summed E-state index contributed by atoms with van der Waals surface area (Å²) < 4.78 is 39.8. The molecule has 28 heavy (non-hydrogen) atoms. The monoisotopic (exact) mass is 419 g/mol. The fourth-order valence-electron chi connectivity index (χ4n) is 3.08. The van der Waals surface area contributed by atoms with Crippen LogP contribution in [0.4, 0.5) is 30.6 Å². The maximum absolute atomic E-state index is 12.8. The first kappa shape index (κ1) is 20.1. The van der Waals surface area contributed by atoms with Crippen molar-refractivity contribution < 1.29 is 18.1 Å². The molecule has 3 rings (SSSR count). The number of piperidine rings is 1. The Morgan fingerprint density at radius 1 is 1.36 bits per heavy atom. The summed E-state index contributed by atoms with van der Waals surface area (Å²) in [6.45, 7) is 1.48. The number of nitrogens with zero attached hydrogens (tertiary/aromatic N) is 6. The molecule has 9 nitrogen and oxygen atoms in total. The Hall–Kier alpha value is -2.63. The molecule has 0 bridgehead atoms. The molecule has 0 amide bonds. The molecule has 13 heteroatoms. The van der Waals surface area contributed by atoms with E-state index in [1.165, 1.54) is 11.6 Å². The van der Waals surface area contributed by atoms with E-state index in [2.05, 4.69) is 20.3 Å². The van der Waals surface area contributed by atoms with Crippen LogP contribution in [-0.2, 0) is 13.2 Å². The minimum Gasteiger partial charge on any atom is -0.364 e. The van der Waals surface area contributed by atoms with Gasteiger partial charge in [0.25, 0.3) is 0 Å². The van der Waals surface area contributed by atoms with E-state index in [1.54, 1.807) is 4.90 Å². The van der Waals surface area contributed by atoms with Gasteiger partial charge in [0.2, 0.25) is 17.0 Å². The molecule has 1 N–H and O–H groups in total. The van der Waals surface area contributed by atoms with Crippen molar-refractivity contribution in [1.29, 1.82) is 0 Å². The molecule has 1 aliphatic rings. The summed E-state index contributed by atoms with van der Waals surface area (Å²) in [4.78, 5) is 23.4. The average molecular weight is 420 g/mol. The van der Waals surface area contributed by atoms with Gasteiger partial charge in [0, 0.05) is 32.9 Å². The Morgan fingerprint density at radius 2 is 2.04 bits per heavy atom. The largest absolute Gasteiger partial charge is 0.434 e. The number of hydrogen-bond acceptors (Lipinski definition) is 7. The molecule has 0 aromatic carbocycles. The summed E-state index contributed by atoms with van der Waals surface area (Å²) in [5.41, 5.74) is -1.18. The van der Waals surface area contributed by atoms with Gasteiger partial charge in [-0.2, -0.15) is 18.2 Å². The van der Waals surface area contributed by atoms with E-state index in [4.69, 9.17) is 11.6 Å². The van der Waals surface area contributed by atoms with Gasteiger partial charge in [0.05, 0.1) is 4.92 Å². The van der Waals surface area contributed by atoms with Crippen LogP contribution < -0.4 is 10.2 Å². The molecular formula is C15H17ClF3N7O2. The molecule has 0 aliphatic carbocycles. The lowest BCUT2D eigenvalue weighted by Gasteiger charge is -2.32. The maximum atomic E-state index is 12.8. The summed E-state index contributed by atoms with van der Waals surface area (Å²) in [5.74, 6) is 0.496. The van der Waals surface area contributed by atoms with Gasteiger partial charge in [0.15, 0.2) is 5.69 Å². The number of hydrogen-bond donors (Lipinski definition) is 1. The Bertz CT molecular complexity index is 866. The average Bonchev–Trinajstić information content (AvgIpc) is 3.02. The highest BCUT2D eigenvalue weighted by Crippen LogP contribution is 2.31. The van der Waals surface area contributed by atoms with Gasteiger partial charge in [-0.3, -0.25) is 10.1 Å². The molecule has 0 atom stereocenters. The number of nitrogens with one attached hydrogen (secondary N) is 1. The first-order chi connectivity index (χ1) is 13.1. The van der Waals surface area contributed by atoms with E-state index in [-0.39, 0.29) is 28.7 Å². The van der Waals surface area contributed by atoms with Crippen molar-refractivity contribution in [2.75, 3.05) is 29.9 Å². The van der Waals surface area contributed by atoms with Crippen LogP contribution in [0.3, 0.4) is 0 Å². The number of nitro groups is 1. The van der Waals surface area contributed by atoms with Crippen LogP contribution in [0.2, 0.25) is 5.28 Å². The number of halogens is 4. The number of alkyl halides is 3. The second-order valence-electron chi connectivity index (χ2n) is 6.48. The van der Waals surface area contributed by atoms with E-state index in [1.807, 2.05) is 0 Å². The highest BCUT2D eigenvalue weighted by Gasteiger charge is 2.35. The van der Waals surface area contributed by atoms with Gasteiger partial charge in [-0.25, -0.2) is 9.97 Å². The van der Waals surface area contributed by atoms with Gasteiger partial charge < -0.3 is 14.8 Å². The third-order valence-electron chi connectivity index (χ3n) is 4.53. The van der Waals surface area contributed by atoms with Crippen molar-refractivity contribution in [1.82, 2.24) is 19.5 Å². The second-order valence-corrected chi connectivity index (χ2v) is 6.81. The zero-order valence-corrected chi connectivity index (χ0v) is 15.5. The first-order valence-corrected chi connectivity index (χ1v) is 8.79. The number of aryl methyl sites for hydroxylation is 1. The van der Waals surface area contributed by atoms with Crippen molar-refractivity contribution in [2.45, 2.75) is 19.0 Å². The molecular weight excluding hydrogens is 403 g/mol. The van der Waals surface area contributed by atoms with Gasteiger partial charge in [-0.05, 0) is 30.4 Å². The van der Waals surface area contributed by atoms with Crippen LogP contribution in [0.15, 0.2) is 12.4 Å². The smallest absolute Gasteiger partial charge is 0.364 e. The molecule has 3 heterocycles. The van der Waals surface area contributed by atoms with Crippen molar-refractivity contribution >= 4 is 29.1 Å². The molecule has 0 saturated carbocycles. The highest BCUT2D eigenvalue weighted by atomic mass is 35.5. The van der Waals surface area contributed by atoms with Crippen molar-refractivity contribution in [2.24, 2.45) is 13.0 Å². The summed E-state index contributed by atoms with van der Waals surface area (Å²) in [7, 11) is 1.53. The Kier molecular flexibility index (Phi) is 5.59. The summed E-state index contributed by atoms with van der Waals surface area (Å²) in [5, 5.41) is 13.9. The SMILES string of the molecule is Cn1cc(C(F)(F)F)nc1N1CCC(CNc2nc(Cl)ncc2[N+](=O)[O-])CC1. The van der Waals surface area contributed by atoms with Gasteiger partial charge in [0.1, 0.15) is 6.20 Å². The standard InChI is InChI=1S/C15H17ClF3N7O2/c1-24-8-11(15(17,18)19)22-14(24)25-4-2-9(3-5-25)6-20-12-10(26(27)28)7-21-13(16)23-12/h7-9H,2-6H2,1H3,(H,20,21,23). The zero-order valence-electron chi connectivity index (χ0n) is 14.8. The summed E-state index contributed by atoms with van der Waals surface area (Å²) >= 11 is 5.70. The molecule has 152 valence electrons. The van der Waals surface area contributed by atoms with Crippen molar-refractivity contribution in [3.63, 3.8) is 0 Å². The fourth-order valence-corrected chi connectivity index (χ4v) is 3.22. The van der Waals surface area contributed by atoms with E-state index in [0.29, 0.717) is 32.5 Å². The molecule has 0 unspecified atom stereocenters. The van der Waals surface area contributed by atoms with Gasteiger partial charge >= 0.3 is 11.9 Å². The van der Waals surface area contributed by atoms with E-state index < -0.39 is 16.8 Å². The van der Waals surface area contributed by atoms with E-state index in [9.17, 15) is 23.3 Å². The molecule has 1 fully saturated rings. The normalized spacial score (nSPS) is 15.7. The van der Waals surface area contributed by atoms with E-state index >= 15 is 0 Å². The van der Waals surface area contributed by atoms with Crippen LogP contribution in [-0.4, -0.2) is 44.1 Å². The third-order valence-corrected chi connectivity index (χ3v) is 4.72. The first-order valence-electron chi connectivity index (χ1n) is 8.41. The molecule has 2 aromatic rings. The minimum atomic E-state index is -4.48. The Morgan fingerprint density at radius 3 is 2.61 bits per heavy atom. The molecule has 0 radical (unpaired) electrons. The fraction of sp³-hybridized carbons (Fsp3) is 0.533. The molecule has 1 saturated heterocycles. The lowest BCUT2D eigenvalue weighted by atomic mass is 9.97. The number of aromatic nitrogens is 4. The van der Waals surface area contributed by atoms with Gasteiger partial charge in [-0.1, -0.05) is 0 Å². The predicted molar refractivity (Wildman–Crippen MR) is 95.3 cm³/mol. The van der Waals surface area contributed by atoms with Crippen molar-refractivity contribution in [3.8, 4) is 0 Å². The van der Waals surface area contributed by atoms with Crippen LogP contribution in [0, 0.1) is 16.0 Å². The molecule has 2 aromatic heterocycles. The summed E-state index contributed by atoms with van der Waals surface area (Å²) in [6.07, 6.45) is -1.09. The zero-order chi connectivity index (χ0) is 20.5. The Balaban J connectivity index is 1.59. The van der Waals surface area contributed by atoms with Crippen LogP contribution in [0.5, 0.6) is 0 Å². The number of rotatable bonds is 5. The quantitative estimate of drug-likeness (QED) is 0.451. The van der Waals surface area contributed by atoms with Crippen molar-refractivity contribution in [3.05, 3.63) is 33.5 Å². The number of imidazole rings is 1.